The van der Waals surface area contributed by atoms with Crippen LogP contribution in [0.15, 0.2) is 60.7 Å². The van der Waals surface area contributed by atoms with Crippen LogP contribution in [0, 0.1) is 0 Å². The van der Waals surface area contributed by atoms with Crippen LogP contribution >= 0.6 is 0 Å². The normalized spacial score (nSPS) is 16.7. The molecule has 0 spiro atoms. The summed E-state index contributed by atoms with van der Waals surface area (Å²) in [4.78, 5) is 0. The van der Waals surface area contributed by atoms with Crippen LogP contribution in [0.5, 0.6) is 28.7 Å². The highest BCUT2D eigenvalue weighted by atomic mass is 16.5. The maximum absolute atomic E-state index is 10.0. The Morgan fingerprint density at radius 3 is 2.34 bits per heavy atom. The molecule has 3 aromatic carbocycles. The van der Waals surface area contributed by atoms with Gasteiger partial charge in [0.05, 0.1) is 13.2 Å². The van der Waals surface area contributed by atoms with Crippen LogP contribution in [0.1, 0.15) is 35.6 Å². The highest BCUT2D eigenvalue weighted by Crippen LogP contribution is 2.51. The number of ether oxygens (including phenoxy) is 3. The highest BCUT2D eigenvalue weighted by molar-refractivity contribution is 5.98. The van der Waals surface area contributed by atoms with E-state index in [9.17, 15) is 10.2 Å². The van der Waals surface area contributed by atoms with Crippen LogP contribution in [-0.2, 0) is 0 Å². The summed E-state index contributed by atoms with van der Waals surface area (Å²) in [7, 11) is 0. The predicted molar refractivity (Wildman–Crippen MR) is 120 cm³/mol. The number of aromatic hydroxyl groups is 2. The van der Waals surface area contributed by atoms with Crippen LogP contribution < -0.4 is 14.2 Å². The van der Waals surface area contributed by atoms with Crippen molar-refractivity contribution >= 4 is 11.1 Å². The van der Waals surface area contributed by atoms with Gasteiger partial charge in [-0.05, 0) is 47.5 Å². The minimum absolute atomic E-state index is 0.0915. The van der Waals surface area contributed by atoms with Crippen molar-refractivity contribution in [2.45, 2.75) is 18.9 Å². The Bertz CT molecular complexity index is 1170. The molecule has 0 aromatic heterocycles. The van der Waals surface area contributed by atoms with E-state index in [1.807, 2.05) is 36.4 Å². The predicted octanol–water partition coefficient (Wildman–Crippen LogP) is 4.69. The standard InChI is InChI=1S/C26H24O6/c27-11-1-12-30-19-6-2-16(3-7-19)26-25-21(20-8-4-18(29)15-24(20)32-26)10-13-31-23-14-17(28)5-9-22(23)25/h2-9,14-15,26-29H,1,10-13H2. The summed E-state index contributed by atoms with van der Waals surface area (Å²) in [6.45, 7) is 1.01. The fraction of sp³-hybridized carbons (Fsp3) is 0.231. The number of hydrogen-bond acceptors (Lipinski definition) is 6. The summed E-state index contributed by atoms with van der Waals surface area (Å²) < 4.78 is 18.1. The van der Waals surface area contributed by atoms with Gasteiger partial charge in [0.1, 0.15) is 34.9 Å². The van der Waals surface area contributed by atoms with Crippen molar-refractivity contribution in [2.24, 2.45) is 0 Å². The largest absolute Gasteiger partial charge is 0.508 e. The van der Waals surface area contributed by atoms with Crippen LogP contribution in [0.2, 0.25) is 0 Å². The van der Waals surface area contributed by atoms with Gasteiger partial charge in [-0.25, -0.2) is 0 Å². The number of phenols is 2. The summed E-state index contributed by atoms with van der Waals surface area (Å²) in [5.74, 6) is 2.26. The van der Waals surface area contributed by atoms with E-state index in [1.165, 1.54) is 0 Å². The molecule has 0 radical (unpaired) electrons. The molecule has 3 N–H and O–H groups in total. The summed E-state index contributed by atoms with van der Waals surface area (Å²) in [6, 6.07) is 18.0. The van der Waals surface area contributed by atoms with Gasteiger partial charge in [-0.15, -0.1) is 0 Å². The summed E-state index contributed by atoms with van der Waals surface area (Å²) in [6.07, 6.45) is 0.828. The summed E-state index contributed by atoms with van der Waals surface area (Å²) >= 11 is 0. The summed E-state index contributed by atoms with van der Waals surface area (Å²) in [5, 5.41) is 29.0. The second-order valence-corrected chi connectivity index (χ2v) is 7.84. The molecule has 0 bridgehead atoms. The molecule has 5 rings (SSSR count). The van der Waals surface area contributed by atoms with Crippen molar-refractivity contribution in [3.63, 3.8) is 0 Å². The van der Waals surface area contributed by atoms with E-state index < -0.39 is 6.10 Å². The molecule has 6 heteroatoms. The second kappa shape index (κ2) is 8.48. The van der Waals surface area contributed by atoms with Gasteiger partial charge < -0.3 is 29.5 Å². The Morgan fingerprint density at radius 1 is 0.875 bits per heavy atom. The van der Waals surface area contributed by atoms with Crippen LogP contribution in [0.3, 0.4) is 0 Å². The lowest BCUT2D eigenvalue weighted by Crippen LogP contribution is -2.17. The van der Waals surface area contributed by atoms with Gasteiger partial charge in [-0.1, -0.05) is 12.1 Å². The van der Waals surface area contributed by atoms with E-state index in [4.69, 9.17) is 19.3 Å². The third-order valence-corrected chi connectivity index (χ3v) is 5.74. The van der Waals surface area contributed by atoms with Crippen molar-refractivity contribution in [1.82, 2.24) is 0 Å². The number of benzene rings is 3. The quantitative estimate of drug-likeness (QED) is 0.507. The topological polar surface area (TPSA) is 88.4 Å². The molecule has 2 aliphatic rings. The zero-order chi connectivity index (χ0) is 22.1. The molecule has 2 aliphatic heterocycles. The lowest BCUT2D eigenvalue weighted by Gasteiger charge is -2.31. The van der Waals surface area contributed by atoms with E-state index in [2.05, 4.69) is 0 Å². The first-order valence-electron chi connectivity index (χ1n) is 10.7. The second-order valence-electron chi connectivity index (χ2n) is 7.84. The van der Waals surface area contributed by atoms with E-state index in [0.29, 0.717) is 37.6 Å². The van der Waals surface area contributed by atoms with Gasteiger partial charge >= 0.3 is 0 Å². The van der Waals surface area contributed by atoms with E-state index >= 15 is 0 Å². The zero-order valence-electron chi connectivity index (χ0n) is 17.5. The average Bonchev–Trinajstić information content (AvgIpc) is 2.98. The molecule has 6 nitrogen and oxygen atoms in total. The number of rotatable bonds is 5. The van der Waals surface area contributed by atoms with Gasteiger partial charge in [0.15, 0.2) is 0 Å². The van der Waals surface area contributed by atoms with Gasteiger partial charge in [0, 0.05) is 48.3 Å². The Morgan fingerprint density at radius 2 is 1.59 bits per heavy atom. The SMILES string of the molecule is OCCCOc1ccc(C2Oc3cc(O)ccc3C3=C2c2ccc(O)cc2OCC3)cc1. The minimum atomic E-state index is -0.421. The molecule has 2 heterocycles. The fourth-order valence-electron chi connectivity index (χ4n) is 4.26. The van der Waals surface area contributed by atoms with Crippen molar-refractivity contribution in [1.29, 1.82) is 0 Å². The number of aliphatic hydroxyl groups is 1. The van der Waals surface area contributed by atoms with Crippen molar-refractivity contribution in [3.05, 3.63) is 77.4 Å². The third kappa shape index (κ3) is 3.74. The van der Waals surface area contributed by atoms with Crippen molar-refractivity contribution in [2.75, 3.05) is 19.8 Å². The summed E-state index contributed by atoms with van der Waals surface area (Å²) in [5.41, 5.74) is 4.83. The highest BCUT2D eigenvalue weighted by Gasteiger charge is 2.34. The maximum atomic E-state index is 10.0. The smallest absolute Gasteiger partial charge is 0.150 e. The molecule has 1 atom stereocenters. The van der Waals surface area contributed by atoms with Crippen LogP contribution in [-0.4, -0.2) is 35.1 Å². The molecular formula is C26H24O6. The molecule has 164 valence electrons. The molecule has 0 aliphatic carbocycles. The van der Waals surface area contributed by atoms with E-state index in [1.54, 1.807) is 24.3 Å². The molecule has 1 unspecified atom stereocenters. The minimum Gasteiger partial charge on any atom is -0.508 e. The first-order valence-corrected chi connectivity index (χ1v) is 10.7. The first-order chi connectivity index (χ1) is 15.6. The Hall–Kier alpha value is -3.64. The molecular weight excluding hydrogens is 408 g/mol. The van der Waals surface area contributed by atoms with Crippen molar-refractivity contribution in [3.8, 4) is 28.7 Å². The van der Waals surface area contributed by atoms with Gasteiger partial charge in [-0.2, -0.15) is 0 Å². The third-order valence-electron chi connectivity index (χ3n) is 5.74. The molecule has 0 amide bonds. The lowest BCUT2D eigenvalue weighted by molar-refractivity contribution is 0.233. The monoisotopic (exact) mass is 432 g/mol. The van der Waals surface area contributed by atoms with Crippen molar-refractivity contribution < 1.29 is 29.5 Å². The molecule has 0 saturated carbocycles. The van der Waals surface area contributed by atoms with Crippen LogP contribution in [0.4, 0.5) is 0 Å². The van der Waals surface area contributed by atoms with Gasteiger partial charge in [0.2, 0.25) is 0 Å². The molecule has 32 heavy (non-hydrogen) atoms. The number of phenolic OH excluding ortho intramolecular Hbond substituents is 2. The Labute approximate surface area is 185 Å². The number of aliphatic hydroxyl groups excluding tert-OH is 1. The Kier molecular flexibility index (Phi) is 5.37. The number of hydrogen-bond donors (Lipinski definition) is 3. The first kappa shape index (κ1) is 20.3. The average molecular weight is 432 g/mol. The molecule has 3 aromatic rings. The van der Waals surface area contributed by atoms with E-state index in [0.717, 1.165) is 33.6 Å². The number of fused-ring (bicyclic) bond motifs is 4. The van der Waals surface area contributed by atoms with E-state index in [-0.39, 0.29) is 18.1 Å². The maximum Gasteiger partial charge on any atom is 0.150 e. The van der Waals surface area contributed by atoms with Gasteiger partial charge in [0.25, 0.3) is 0 Å². The lowest BCUT2D eigenvalue weighted by atomic mass is 9.84. The Balaban J connectivity index is 1.61. The fourth-order valence-corrected chi connectivity index (χ4v) is 4.26. The van der Waals surface area contributed by atoms with Gasteiger partial charge in [-0.3, -0.25) is 0 Å². The van der Waals surface area contributed by atoms with Crippen LogP contribution in [0.25, 0.3) is 11.1 Å². The zero-order valence-corrected chi connectivity index (χ0v) is 17.5. The molecule has 0 saturated heterocycles. The molecule has 0 fully saturated rings.